The van der Waals surface area contributed by atoms with Crippen LogP contribution in [0.3, 0.4) is 0 Å². The van der Waals surface area contributed by atoms with Crippen molar-refractivity contribution in [2.75, 3.05) is 18.1 Å². The Morgan fingerprint density at radius 3 is 3.11 bits per heavy atom. The molecule has 18 heavy (non-hydrogen) atoms. The lowest BCUT2D eigenvalue weighted by molar-refractivity contribution is 0.0526. The van der Waals surface area contributed by atoms with Crippen molar-refractivity contribution in [3.63, 3.8) is 0 Å². The second-order valence-electron chi connectivity index (χ2n) is 3.80. The van der Waals surface area contributed by atoms with Gasteiger partial charge in [-0.2, -0.15) is 11.8 Å². The van der Waals surface area contributed by atoms with Gasteiger partial charge in [-0.1, -0.05) is 13.0 Å². The Kier molecular flexibility index (Phi) is 4.25. The fourth-order valence-electron chi connectivity index (χ4n) is 1.75. The number of carbonyl (C=O) groups is 1. The average molecular weight is 264 g/mol. The van der Waals surface area contributed by atoms with Gasteiger partial charge < -0.3 is 9.14 Å². The molecule has 0 fully saturated rings. The van der Waals surface area contributed by atoms with Gasteiger partial charge in [-0.25, -0.2) is 9.78 Å². The van der Waals surface area contributed by atoms with Crippen molar-refractivity contribution in [3.05, 3.63) is 35.9 Å². The summed E-state index contributed by atoms with van der Waals surface area (Å²) < 4.78 is 7.10. The third-order valence-electron chi connectivity index (χ3n) is 2.58. The lowest BCUT2D eigenvalue weighted by atomic mass is 10.3. The molecule has 0 atom stereocenters. The van der Waals surface area contributed by atoms with Crippen molar-refractivity contribution in [2.24, 2.45) is 0 Å². The number of hydrogen-bond acceptors (Lipinski definition) is 4. The zero-order valence-electron chi connectivity index (χ0n) is 10.5. The molecule has 96 valence electrons. The predicted octanol–water partition coefficient (Wildman–Crippen LogP) is 2.55. The lowest BCUT2D eigenvalue weighted by Crippen LogP contribution is -2.09. The van der Waals surface area contributed by atoms with Crippen LogP contribution in [0.4, 0.5) is 0 Å². The van der Waals surface area contributed by atoms with Crippen LogP contribution in [0.5, 0.6) is 0 Å². The molecule has 5 heteroatoms. The van der Waals surface area contributed by atoms with Gasteiger partial charge in [0.1, 0.15) is 12.4 Å². The molecule has 0 saturated heterocycles. The number of thioether (sulfide) groups is 1. The number of rotatable bonds is 5. The average Bonchev–Trinajstić information content (AvgIpc) is 2.73. The quantitative estimate of drug-likeness (QED) is 0.615. The third kappa shape index (κ3) is 2.67. The van der Waals surface area contributed by atoms with E-state index in [4.69, 9.17) is 4.74 Å². The van der Waals surface area contributed by atoms with Crippen LogP contribution in [0.15, 0.2) is 24.4 Å². The summed E-state index contributed by atoms with van der Waals surface area (Å²) in [6.45, 7) is 4.39. The number of aryl methyl sites for hydroxylation is 1. The van der Waals surface area contributed by atoms with E-state index in [9.17, 15) is 4.79 Å². The van der Waals surface area contributed by atoms with Crippen molar-refractivity contribution >= 4 is 23.2 Å². The van der Waals surface area contributed by atoms with E-state index in [1.807, 2.05) is 35.7 Å². The van der Waals surface area contributed by atoms with Gasteiger partial charge in [0.15, 0.2) is 5.69 Å². The monoisotopic (exact) mass is 264 g/mol. The predicted molar refractivity (Wildman–Crippen MR) is 73.2 cm³/mol. The number of esters is 1. The van der Waals surface area contributed by atoms with Crippen molar-refractivity contribution in [2.45, 2.75) is 13.8 Å². The molecule has 0 aromatic carbocycles. The van der Waals surface area contributed by atoms with Gasteiger partial charge in [0, 0.05) is 11.9 Å². The molecule has 0 amide bonds. The van der Waals surface area contributed by atoms with Crippen molar-refractivity contribution in [3.8, 4) is 0 Å². The molecule has 2 heterocycles. The molecular formula is C13H16N2O2S. The van der Waals surface area contributed by atoms with Gasteiger partial charge in [0.2, 0.25) is 0 Å². The number of imidazole rings is 1. The highest BCUT2D eigenvalue weighted by molar-refractivity contribution is 7.99. The van der Waals surface area contributed by atoms with E-state index in [1.54, 1.807) is 11.8 Å². The van der Waals surface area contributed by atoms with Gasteiger partial charge in [-0.3, -0.25) is 0 Å². The van der Waals surface area contributed by atoms with Gasteiger partial charge in [0.05, 0.1) is 5.52 Å². The molecule has 0 saturated carbocycles. The number of ether oxygens (including phenoxy) is 1. The number of fused-ring (bicyclic) bond motifs is 1. The summed E-state index contributed by atoms with van der Waals surface area (Å²) in [7, 11) is 0. The summed E-state index contributed by atoms with van der Waals surface area (Å²) in [6, 6.07) is 5.67. The molecule has 2 aromatic rings. The maximum Gasteiger partial charge on any atom is 0.359 e. The molecule has 0 radical (unpaired) electrons. The first-order chi connectivity index (χ1) is 8.74. The Morgan fingerprint density at radius 1 is 1.50 bits per heavy atom. The molecule has 2 aromatic heterocycles. The minimum atomic E-state index is -0.344. The fourth-order valence-corrected chi connectivity index (χ4v) is 2.24. The largest absolute Gasteiger partial charge is 0.460 e. The van der Waals surface area contributed by atoms with E-state index in [2.05, 4.69) is 11.9 Å². The summed E-state index contributed by atoms with van der Waals surface area (Å²) in [5.41, 5.74) is 1.19. The smallest absolute Gasteiger partial charge is 0.359 e. The molecule has 0 unspecified atom stereocenters. The minimum absolute atomic E-state index is 0.344. The van der Waals surface area contributed by atoms with Crippen LogP contribution in [0.25, 0.3) is 5.52 Å². The van der Waals surface area contributed by atoms with Crippen LogP contribution < -0.4 is 0 Å². The van der Waals surface area contributed by atoms with Crippen molar-refractivity contribution in [1.82, 2.24) is 9.38 Å². The Balaban J connectivity index is 2.13. The highest BCUT2D eigenvalue weighted by Gasteiger charge is 2.16. The summed E-state index contributed by atoms with van der Waals surface area (Å²) in [4.78, 5) is 16.2. The second-order valence-corrected chi connectivity index (χ2v) is 5.19. The molecule has 0 N–H and O–H groups in total. The van der Waals surface area contributed by atoms with Gasteiger partial charge >= 0.3 is 5.97 Å². The fraction of sp³-hybridized carbons (Fsp3) is 0.385. The van der Waals surface area contributed by atoms with Crippen LogP contribution in [-0.2, 0) is 4.74 Å². The highest BCUT2D eigenvalue weighted by atomic mass is 32.2. The number of hydrogen-bond donors (Lipinski definition) is 0. The van der Waals surface area contributed by atoms with Crippen LogP contribution >= 0.6 is 11.8 Å². The Hall–Kier alpha value is -1.49. The van der Waals surface area contributed by atoms with Crippen LogP contribution in [-0.4, -0.2) is 33.5 Å². The molecular weight excluding hydrogens is 248 g/mol. The van der Waals surface area contributed by atoms with Gasteiger partial charge in [-0.05, 0) is 24.8 Å². The van der Waals surface area contributed by atoms with Crippen LogP contribution in [0.2, 0.25) is 0 Å². The second kappa shape index (κ2) is 5.91. The van der Waals surface area contributed by atoms with Crippen LogP contribution in [0, 0.1) is 6.92 Å². The Labute approximate surface area is 110 Å². The minimum Gasteiger partial charge on any atom is -0.460 e. The standard InChI is InChI=1S/C13H16N2O2S/c1-3-18-9-8-17-13(16)12-11-6-4-5-7-15(11)10(2)14-12/h4-7H,3,8-9H2,1-2H3. The first kappa shape index (κ1) is 13.0. The highest BCUT2D eigenvalue weighted by Crippen LogP contribution is 2.13. The molecule has 0 spiro atoms. The first-order valence-corrected chi connectivity index (χ1v) is 7.08. The lowest BCUT2D eigenvalue weighted by Gasteiger charge is -2.02. The maximum absolute atomic E-state index is 11.9. The van der Waals surface area contributed by atoms with Gasteiger partial charge in [-0.15, -0.1) is 0 Å². The Morgan fingerprint density at radius 2 is 2.33 bits per heavy atom. The molecule has 2 rings (SSSR count). The molecule has 0 aliphatic heterocycles. The van der Waals surface area contributed by atoms with Crippen molar-refractivity contribution < 1.29 is 9.53 Å². The SMILES string of the molecule is CCSCCOC(=O)c1nc(C)n2ccccc12. The van der Waals surface area contributed by atoms with E-state index in [1.165, 1.54) is 0 Å². The van der Waals surface area contributed by atoms with Gasteiger partial charge in [0.25, 0.3) is 0 Å². The van der Waals surface area contributed by atoms with E-state index in [0.717, 1.165) is 22.8 Å². The number of nitrogens with zero attached hydrogens (tertiary/aromatic N) is 2. The summed E-state index contributed by atoms with van der Waals surface area (Å²) in [5, 5.41) is 0. The van der Waals surface area contributed by atoms with E-state index in [-0.39, 0.29) is 5.97 Å². The third-order valence-corrected chi connectivity index (χ3v) is 3.45. The molecule has 0 aliphatic carbocycles. The molecule has 0 aliphatic rings. The maximum atomic E-state index is 11.9. The molecule has 4 nitrogen and oxygen atoms in total. The first-order valence-electron chi connectivity index (χ1n) is 5.92. The van der Waals surface area contributed by atoms with Crippen LogP contribution in [0.1, 0.15) is 23.2 Å². The zero-order valence-corrected chi connectivity index (χ0v) is 11.4. The number of carbonyl (C=O) groups excluding carboxylic acids is 1. The Bertz CT molecular complexity index is 551. The topological polar surface area (TPSA) is 43.6 Å². The number of aromatic nitrogens is 2. The van der Waals surface area contributed by atoms with E-state index in [0.29, 0.717) is 12.3 Å². The van der Waals surface area contributed by atoms with Crippen molar-refractivity contribution in [1.29, 1.82) is 0 Å². The summed E-state index contributed by atoms with van der Waals surface area (Å²) >= 11 is 1.75. The zero-order chi connectivity index (χ0) is 13.0. The normalized spacial score (nSPS) is 10.8. The van der Waals surface area contributed by atoms with E-state index < -0.39 is 0 Å². The van der Waals surface area contributed by atoms with E-state index >= 15 is 0 Å². The molecule has 0 bridgehead atoms. The summed E-state index contributed by atoms with van der Waals surface area (Å²) in [5.74, 6) is 2.31. The summed E-state index contributed by atoms with van der Waals surface area (Å²) in [6.07, 6.45) is 1.89. The number of pyridine rings is 1.